The van der Waals surface area contributed by atoms with Crippen LogP contribution in [0.3, 0.4) is 0 Å². The van der Waals surface area contributed by atoms with Crippen molar-refractivity contribution < 1.29 is 31.5 Å². The van der Waals surface area contributed by atoms with Gasteiger partial charge >= 0.3 is 0 Å². The first-order valence-electron chi connectivity index (χ1n) is 13.6. The standard InChI is InChI=1S/C31H33FN2O6S/c1-3-12-33-41(36,37)27-10-8-21-16-26(17-23(21)18-27)34(31(35)30-19-22-6-4-5-7-29(22)40-30)20-24-15-25(32)9-11-28(24)39-14-13-38-2/h4-11,15,18-19,26,33H,3,12-14,16-17,20H2,1-2H3. The van der Waals surface area contributed by atoms with Crippen LogP contribution in [-0.4, -0.2) is 52.1 Å². The third-order valence-corrected chi connectivity index (χ3v) is 8.65. The number of methoxy groups -OCH3 is 1. The molecular weight excluding hydrogens is 547 g/mol. The summed E-state index contributed by atoms with van der Waals surface area (Å²) in [7, 11) is -2.07. The number of para-hydroxylation sites is 1. The first-order valence-corrected chi connectivity index (χ1v) is 15.1. The van der Waals surface area contributed by atoms with Crippen molar-refractivity contribution in [1.29, 1.82) is 0 Å². The number of amides is 1. The molecule has 1 unspecified atom stereocenters. The van der Waals surface area contributed by atoms with Gasteiger partial charge in [-0.1, -0.05) is 31.2 Å². The number of hydrogen-bond donors (Lipinski definition) is 1. The van der Waals surface area contributed by atoms with Crippen molar-refractivity contribution in [3.05, 3.63) is 95.0 Å². The van der Waals surface area contributed by atoms with Crippen molar-refractivity contribution in [1.82, 2.24) is 9.62 Å². The van der Waals surface area contributed by atoms with Crippen molar-refractivity contribution in [3.63, 3.8) is 0 Å². The molecule has 1 heterocycles. The molecule has 0 fully saturated rings. The van der Waals surface area contributed by atoms with Gasteiger partial charge in [0.2, 0.25) is 10.0 Å². The van der Waals surface area contributed by atoms with Gasteiger partial charge in [0.05, 0.1) is 18.0 Å². The van der Waals surface area contributed by atoms with E-state index in [1.807, 2.05) is 25.1 Å². The molecule has 0 bridgehead atoms. The molecule has 0 spiro atoms. The molecule has 216 valence electrons. The maximum absolute atomic E-state index is 14.4. The average molecular weight is 581 g/mol. The molecule has 0 radical (unpaired) electrons. The smallest absolute Gasteiger partial charge is 0.290 e. The summed E-state index contributed by atoms with van der Waals surface area (Å²) in [4.78, 5) is 15.9. The Labute approximate surface area is 239 Å². The SMILES string of the molecule is CCCNS(=O)(=O)c1ccc2c(c1)CC(N(Cc1cc(F)ccc1OCCOC)C(=O)c1cc3ccccc3o1)C2. The summed E-state index contributed by atoms with van der Waals surface area (Å²) in [5.74, 6) is -0.160. The molecule has 3 aromatic carbocycles. The monoisotopic (exact) mass is 580 g/mol. The number of halogens is 1. The van der Waals surface area contributed by atoms with Crippen molar-refractivity contribution in [2.24, 2.45) is 0 Å². The third kappa shape index (κ3) is 6.45. The fourth-order valence-corrected chi connectivity index (χ4v) is 6.29. The number of carbonyl (C=O) groups excluding carboxylic acids is 1. The van der Waals surface area contributed by atoms with E-state index in [-0.39, 0.29) is 35.8 Å². The van der Waals surface area contributed by atoms with E-state index in [2.05, 4.69) is 4.72 Å². The van der Waals surface area contributed by atoms with Gasteiger partial charge in [0, 0.05) is 30.6 Å². The summed E-state index contributed by atoms with van der Waals surface area (Å²) >= 11 is 0. The molecule has 8 nitrogen and oxygen atoms in total. The van der Waals surface area contributed by atoms with Crippen LogP contribution in [0.15, 0.2) is 76.0 Å². The molecule has 10 heteroatoms. The number of benzene rings is 3. The number of sulfonamides is 1. The number of nitrogens with one attached hydrogen (secondary N) is 1. The number of ether oxygens (including phenoxy) is 2. The van der Waals surface area contributed by atoms with Crippen LogP contribution < -0.4 is 9.46 Å². The van der Waals surface area contributed by atoms with Crippen molar-refractivity contribution in [2.75, 3.05) is 26.9 Å². The maximum Gasteiger partial charge on any atom is 0.290 e. The van der Waals surface area contributed by atoms with E-state index in [9.17, 15) is 17.6 Å². The summed E-state index contributed by atoms with van der Waals surface area (Å²) in [6.07, 6.45) is 1.63. The second-order valence-corrected chi connectivity index (χ2v) is 11.8. The Morgan fingerprint density at radius 3 is 2.63 bits per heavy atom. The van der Waals surface area contributed by atoms with Crippen LogP contribution in [0.4, 0.5) is 4.39 Å². The molecule has 0 saturated carbocycles. The van der Waals surface area contributed by atoms with Crippen molar-refractivity contribution >= 4 is 26.9 Å². The number of carbonyl (C=O) groups is 1. The molecule has 1 N–H and O–H groups in total. The Bertz CT molecular complexity index is 1620. The zero-order chi connectivity index (χ0) is 29.0. The Hall–Kier alpha value is -3.73. The highest BCUT2D eigenvalue weighted by atomic mass is 32.2. The van der Waals surface area contributed by atoms with Crippen LogP contribution in [0.1, 0.15) is 40.6 Å². The lowest BCUT2D eigenvalue weighted by Crippen LogP contribution is -2.40. The predicted octanol–water partition coefficient (Wildman–Crippen LogP) is 5.10. The van der Waals surface area contributed by atoms with Crippen LogP contribution >= 0.6 is 0 Å². The maximum atomic E-state index is 14.4. The lowest BCUT2D eigenvalue weighted by Gasteiger charge is -2.29. The predicted molar refractivity (Wildman–Crippen MR) is 153 cm³/mol. The number of fused-ring (bicyclic) bond motifs is 2. The van der Waals surface area contributed by atoms with Crippen LogP contribution in [0.2, 0.25) is 0 Å². The minimum Gasteiger partial charge on any atom is -0.491 e. The minimum atomic E-state index is -3.64. The largest absolute Gasteiger partial charge is 0.491 e. The highest BCUT2D eigenvalue weighted by Gasteiger charge is 2.33. The third-order valence-electron chi connectivity index (χ3n) is 7.19. The molecule has 0 aliphatic heterocycles. The average Bonchev–Trinajstić information content (AvgIpc) is 3.59. The lowest BCUT2D eigenvalue weighted by atomic mass is 10.1. The molecule has 5 rings (SSSR count). The second-order valence-electron chi connectivity index (χ2n) is 10.1. The first-order chi connectivity index (χ1) is 19.8. The second kappa shape index (κ2) is 12.4. The molecular formula is C31H33FN2O6S. The van der Waals surface area contributed by atoms with Gasteiger partial charge in [0.25, 0.3) is 5.91 Å². The van der Waals surface area contributed by atoms with E-state index in [4.69, 9.17) is 13.9 Å². The van der Waals surface area contributed by atoms with Gasteiger partial charge in [-0.3, -0.25) is 4.79 Å². The summed E-state index contributed by atoms with van der Waals surface area (Å²) < 4.78 is 59.4. The van der Waals surface area contributed by atoms with E-state index in [0.717, 1.165) is 16.5 Å². The highest BCUT2D eigenvalue weighted by molar-refractivity contribution is 7.89. The molecule has 1 aliphatic carbocycles. The van der Waals surface area contributed by atoms with E-state index < -0.39 is 15.8 Å². The van der Waals surface area contributed by atoms with E-state index in [0.29, 0.717) is 49.3 Å². The molecule has 41 heavy (non-hydrogen) atoms. The quantitative estimate of drug-likeness (QED) is 0.234. The Kier molecular flexibility index (Phi) is 8.72. The topological polar surface area (TPSA) is 98.1 Å². The summed E-state index contributed by atoms with van der Waals surface area (Å²) in [5.41, 5.74) is 2.91. The fraction of sp³-hybridized carbons (Fsp3) is 0.323. The van der Waals surface area contributed by atoms with Gasteiger partial charge < -0.3 is 18.8 Å². The summed E-state index contributed by atoms with van der Waals surface area (Å²) in [5, 5.41) is 0.800. The first kappa shape index (κ1) is 28.8. The Balaban J connectivity index is 1.48. The lowest BCUT2D eigenvalue weighted by molar-refractivity contribution is 0.0634. The minimum absolute atomic E-state index is 0.0673. The number of rotatable bonds is 12. The summed E-state index contributed by atoms with van der Waals surface area (Å²) in [6.45, 7) is 2.94. The molecule has 0 saturated heterocycles. The number of nitrogens with zero attached hydrogens (tertiary/aromatic N) is 1. The van der Waals surface area contributed by atoms with Crippen LogP contribution in [0.25, 0.3) is 11.0 Å². The van der Waals surface area contributed by atoms with E-state index in [1.165, 1.54) is 12.1 Å². The number of furan rings is 1. The molecule has 4 aromatic rings. The molecule has 1 aromatic heterocycles. The van der Waals surface area contributed by atoms with Gasteiger partial charge in [-0.25, -0.2) is 17.5 Å². The number of hydrogen-bond acceptors (Lipinski definition) is 6. The van der Waals surface area contributed by atoms with Crippen molar-refractivity contribution in [2.45, 2.75) is 43.7 Å². The normalized spacial score (nSPS) is 14.8. The van der Waals surface area contributed by atoms with Gasteiger partial charge in [-0.2, -0.15) is 0 Å². The zero-order valence-corrected chi connectivity index (χ0v) is 23.9. The van der Waals surface area contributed by atoms with Crippen molar-refractivity contribution in [3.8, 4) is 5.75 Å². The van der Waals surface area contributed by atoms with Crippen LogP contribution in [-0.2, 0) is 34.1 Å². The molecule has 1 atom stereocenters. The van der Waals surface area contributed by atoms with Gasteiger partial charge in [0.15, 0.2) is 5.76 Å². The van der Waals surface area contributed by atoms with E-state index in [1.54, 1.807) is 48.4 Å². The summed E-state index contributed by atoms with van der Waals surface area (Å²) in [6, 6.07) is 18.1. The fourth-order valence-electron chi connectivity index (χ4n) is 5.11. The van der Waals surface area contributed by atoms with Crippen LogP contribution in [0, 0.1) is 5.82 Å². The van der Waals surface area contributed by atoms with Gasteiger partial charge in [-0.15, -0.1) is 0 Å². The zero-order valence-electron chi connectivity index (χ0n) is 23.1. The molecule has 1 amide bonds. The molecule has 1 aliphatic rings. The van der Waals surface area contributed by atoms with Crippen LogP contribution in [0.5, 0.6) is 5.75 Å². The van der Waals surface area contributed by atoms with Gasteiger partial charge in [0.1, 0.15) is 23.8 Å². The van der Waals surface area contributed by atoms with Gasteiger partial charge in [-0.05, 0) is 72.9 Å². The van der Waals surface area contributed by atoms with E-state index >= 15 is 0 Å². The Morgan fingerprint density at radius 2 is 1.85 bits per heavy atom. The Morgan fingerprint density at radius 1 is 1.05 bits per heavy atom. The highest BCUT2D eigenvalue weighted by Crippen LogP contribution is 2.32.